The standard InChI is InChI=1S/C23H22N4O2S/c1-13(2)29-16-10-8-15(9-11-16)17-12-20(28)25-22-21(17)14(3)26-27(22)23-24-18-6-4-5-7-19(18)30-23/h4-11,13,17H,12H2,1-3H3,(H,25,28). The normalized spacial score (nSPS) is 16.0. The Morgan fingerprint density at radius 1 is 1.17 bits per heavy atom. The van der Waals surface area contributed by atoms with E-state index in [4.69, 9.17) is 14.8 Å². The van der Waals surface area contributed by atoms with Gasteiger partial charge in [0.05, 0.1) is 22.0 Å². The average Bonchev–Trinajstić information content (AvgIpc) is 3.28. The molecule has 6 nitrogen and oxygen atoms in total. The molecule has 0 bridgehead atoms. The summed E-state index contributed by atoms with van der Waals surface area (Å²) in [6.07, 6.45) is 0.515. The number of ether oxygens (including phenoxy) is 1. The van der Waals surface area contributed by atoms with Crippen molar-refractivity contribution in [3.8, 4) is 10.9 Å². The van der Waals surface area contributed by atoms with E-state index in [9.17, 15) is 4.79 Å². The first-order valence-corrected chi connectivity index (χ1v) is 10.8. The highest BCUT2D eigenvalue weighted by Gasteiger charge is 2.33. The monoisotopic (exact) mass is 418 g/mol. The summed E-state index contributed by atoms with van der Waals surface area (Å²) in [5, 5.41) is 8.53. The number of carbonyl (C=O) groups is 1. The summed E-state index contributed by atoms with van der Waals surface area (Å²) in [6, 6.07) is 16.0. The molecule has 3 heterocycles. The van der Waals surface area contributed by atoms with E-state index in [0.717, 1.165) is 43.7 Å². The molecule has 1 aliphatic heterocycles. The van der Waals surface area contributed by atoms with E-state index in [1.165, 1.54) is 0 Å². The zero-order chi connectivity index (χ0) is 20.8. The SMILES string of the molecule is Cc1nn(-c2nc3ccccc3s2)c2c1C(c1ccc(OC(C)C)cc1)CC(=O)N2. The number of hydrogen-bond acceptors (Lipinski definition) is 5. The zero-order valence-electron chi connectivity index (χ0n) is 17.0. The van der Waals surface area contributed by atoms with E-state index in [2.05, 4.69) is 5.32 Å². The number of fused-ring (bicyclic) bond motifs is 2. The lowest BCUT2D eigenvalue weighted by molar-refractivity contribution is -0.116. The van der Waals surface area contributed by atoms with Crippen molar-refractivity contribution in [3.05, 3.63) is 65.4 Å². The highest BCUT2D eigenvalue weighted by atomic mass is 32.1. The van der Waals surface area contributed by atoms with Gasteiger partial charge in [0.2, 0.25) is 11.0 Å². The van der Waals surface area contributed by atoms with Crippen LogP contribution in [0.5, 0.6) is 5.75 Å². The number of aryl methyl sites for hydroxylation is 1. The van der Waals surface area contributed by atoms with E-state index in [0.29, 0.717) is 6.42 Å². The molecule has 4 aromatic rings. The summed E-state index contributed by atoms with van der Waals surface area (Å²) < 4.78 is 8.62. The highest BCUT2D eigenvalue weighted by Crippen LogP contribution is 2.41. The highest BCUT2D eigenvalue weighted by molar-refractivity contribution is 7.20. The smallest absolute Gasteiger partial charge is 0.226 e. The number of nitrogens with one attached hydrogen (secondary N) is 1. The van der Waals surface area contributed by atoms with Crippen LogP contribution in [0.3, 0.4) is 0 Å². The maximum Gasteiger partial charge on any atom is 0.226 e. The minimum atomic E-state index is -0.0509. The van der Waals surface area contributed by atoms with E-state index in [1.54, 1.807) is 16.0 Å². The van der Waals surface area contributed by atoms with Crippen LogP contribution in [0.2, 0.25) is 0 Å². The molecule has 0 saturated carbocycles. The van der Waals surface area contributed by atoms with Gasteiger partial charge in [0, 0.05) is 17.9 Å². The number of aromatic nitrogens is 3. The second kappa shape index (κ2) is 7.25. The number of thiazole rings is 1. The number of rotatable bonds is 4. The Morgan fingerprint density at radius 2 is 1.93 bits per heavy atom. The average molecular weight is 419 g/mol. The molecular formula is C23H22N4O2S. The Morgan fingerprint density at radius 3 is 2.67 bits per heavy atom. The molecule has 0 saturated heterocycles. The van der Waals surface area contributed by atoms with Crippen LogP contribution in [0.15, 0.2) is 48.5 Å². The van der Waals surface area contributed by atoms with Crippen molar-refractivity contribution in [3.63, 3.8) is 0 Å². The van der Waals surface area contributed by atoms with Crippen LogP contribution >= 0.6 is 11.3 Å². The van der Waals surface area contributed by atoms with Gasteiger partial charge < -0.3 is 10.1 Å². The summed E-state index contributed by atoms with van der Waals surface area (Å²) in [7, 11) is 0. The minimum absolute atomic E-state index is 0.0164. The number of hydrogen-bond donors (Lipinski definition) is 1. The first kappa shape index (κ1) is 18.8. The Balaban J connectivity index is 1.57. The van der Waals surface area contributed by atoms with Gasteiger partial charge in [-0.05, 0) is 50.6 Å². The molecule has 5 rings (SSSR count). The second-order valence-corrected chi connectivity index (χ2v) is 8.77. The van der Waals surface area contributed by atoms with Crippen molar-refractivity contribution in [1.29, 1.82) is 0 Å². The summed E-state index contributed by atoms with van der Waals surface area (Å²) in [5.74, 6) is 1.48. The topological polar surface area (TPSA) is 69.0 Å². The number of anilines is 1. The van der Waals surface area contributed by atoms with Crippen LogP contribution in [-0.4, -0.2) is 26.8 Å². The van der Waals surface area contributed by atoms with E-state index in [1.807, 2.05) is 69.3 Å². The first-order valence-electron chi connectivity index (χ1n) is 10.0. The van der Waals surface area contributed by atoms with Crippen molar-refractivity contribution in [2.24, 2.45) is 0 Å². The van der Waals surface area contributed by atoms with Gasteiger partial charge >= 0.3 is 0 Å². The van der Waals surface area contributed by atoms with Crippen LogP contribution in [0, 0.1) is 6.92 Å². The summed E-state index contributed by atoms with van der Waals surface area (Å²) in [5.41, 5.74) is 3.95. The number of para-hydroxylation sites is 1. The van der Waals surface area contributed by atoms with Crippen LogP contribution in [0.25, 0.3) is 15.3 Å². The molecule has 1 N–H and O–H groups in total. The minimum Gasteiger partial charge on any atom is -0.491 e. The third-order valence-corrected chi connectivity index (χ3v) is 6.23. The maximum atomic E-state index is 12.6. The summed E-state index contributed by atoms with van der Waals surface area (Å²) >= 11 is 1.56. The third kappa shape index (κ3) is 3.25. The fourth-order valence-corrected chi connectivity index (χ4v) is 4.90. The Bertz CT molecular complexity index is 1210. The molecule has 7 heteroatoms. The van der Waals surface area contributed by atoms with Gasteiger partial charge in [0.25, 0.3) is 0 Å². The van der Waals surface area contributed by atoms with Crippen molar-refractivity contribution in [1.82, 2.24) is 14.8 Å². The van der Waals surface area contributed by atoms with Crippen molar-refractivity contribution in [2.75, 3.05) is 5.32 Å². The Kier molecular flexibility index (Phi) is 4.55. The quantitative estimate of drug-likeness (QED) is 0.503. The number of benzene rings is 2. The molecule has 152 valence electrons. The molecule has 0 fully saturated rings. The van der Waals surface area contributed by atoms with Gasteiger partial charge in [0.15, 0.2) is 0 Å². The Hall–Kier alpha value is -3.19. The van der Waals surface area contributed by atoms with E-state index in [-0.39, 0.29) is 17.9 Å². The van der Waals surface area contributed by atoms with Crippen LogP contribution in [0.1, 0.15) is 43.0 Å². The lowest BCUT2D eigenvalue weighted by Gasteiger charge is -2.24. The van der Waals surface area contributed by atoms with Gasteiger partial charge in [-0.1, -0.05) is 35.6 Å². The molecule has 0 aliphatic carbocycles. The summed E-state index contributed by atoms with van der Waals surface area (Å²) in [6.45, 7) is 6.00. The van der Waals surface area contributed by atoms with Gasteiger partial charge in [-0.3, -0.25) is 4.79 Å². The fraction of sp³-hybridized carbons (Fsp3) is 0.261. The molecule has 1 aliphatic rings. The largest absolute Gasteiger partial charge is 0.491 e. The lowest BCUT2D eigenvalue weighted by atomic mass is 9.86. The molecular weight excluding hydrogens is 396 g/mol. The van der Waals surface area contributed by atoms with Crippen molar-refractivity contribution in [2.45, 2.75) is 39.2 Å². The van der Waals surface area contributed by atoms with E-state index < -0.39 is 0 Å². The van der Waals surface area contributed by atoms with Gasteiger partial charge in [-0.2, -0.15) is 9.78 Å². The van der Waals surface area contributed by atoms with Crippen LogP contribution in [0.4, 0.5) is 5.82 Å². The van der Waals surface area contributed by atoms with E-state index >= 15 is 0 Å². The lowest BCUT2D eigenvalue weighted by Crippen LogP contribution is -2.24. The molecule has 0 radical (unpaired) electrons. The number of amides is 1. The molecule has 2 aromatic heterocycles. The van der Waals surface area contributed by atoms with Crippen LogP contribution < -0.4 is 10.1 Å². The molecule has 0 spiro atoms. The number of carbonyl (C=O) groups excluding carboxylic acids is 1. The fourth-order valence-electron chi connectivity index (χ4n) is 3.97. The molecule has 1 atom stereocenters. The maximum absolute atomic E-state index is 12.6. The van der Waals surface area contributed by atoms with Gasteiger partial charge in [-0.25, -0.2) is 4.98 Å². The molecule has 2 aromatic carbocycles. The zero-order valence-corrected chi connectivity index (χ0v) is 17.9. The first-order chi connectivity index (χ1) is 14.5. The van der Waals surface area contributed by atoms with Crippen LogP contribution in [-0.2, 0) is 4.79 Å². The predicted octanol–water partition coefficient (Wildman–Crippen LogP) is 5.05. The number of nitrogens with zero attached hydrogens (tertiary/aromatic N) is 3. The Labute approximate surface area is 178 Å². The second-order valence-electron chi connectivity index (χ2n) is 7.76. The van der Waals surface area contributed by atoms with Gasteiger partial charge in [-0.15, -0.1) is 0 Å². The van der Waals surface area contributed by atoms with Crippen molar-refractivity contribution >= 4 is 33.3 Å². The molecule has 1 unspecified atom stereocenters. The summed E-state index contributed by atoms with van der Waals surface area (Å²) in [4.78, 5) is 17.3. The predicted molar refractivity (Wildman–Crippen MR) is 119 cm³/mol. The third-order valence-electron chi connectivity index (χ3n) is 5.22. The molecule has 30 heavy (non-hydrogen) atoms. The molecule has 1 amide bonds. The van der Waals surface area contributed by atoms with Crippen molar-refractivity contribution < 1.29 is 9.53 Å². The van der Waals surface area contributed by atoms with Gasteiger partial charge in [0.1, 0.15) is 11.6 Å².